The predicted molar refractivity (Wildman–Crippen MR) is 23.9 cm³/mol. The Labute approximate surface area is 37.4 Å². The summed E-state index contributed by atoms with van der Waals surface area (Å²) in [7, 11) is 1.99. The Bertz CT molecular complexity index is 67.9. The van der Waals surface area contributed by atoms with E-state index in [0.717, 1.165) is 6.67 Å². The number of rotatable bonds is 0. The lowest BCUT2D eigenvalue weighted by atomic mass is 10.9. The molecular formula is C4H7N2. The molecule has 0 saturated heterocycles. The van der Waals surface area contributed by atoms with Crippen LogP contribution < -0.4 is 5.32 Å². The first-order valence-corrected chi connectivity index (χ1v) is 1.93. The van der Waals surface area contributed by atoms with Crippen LogP contribution in [-0.4, -0.2) is 18.6 Å². The van der Waals surface area contributed by atoms with Crippen molar-refractivity contribution in [2.24, 2.45) is 0 Å². The molecule has 0 aromatic heterocycles. The Hall–Kier alpha value is -0.660. The largest absolute Gasteiger partial charge is 0.360 e. The van der Waals surface area contributed by atoms with Crippen LogP contribution in [0.2, 0.25) is 0 Å². The highest BCUT2D eigenvalue weighted by Gasteiger charge is 1.92. The fraction of sp³-hybridized carbons (Fsp3) is 0.500. The Kier molecular flexibility index (Phi) is 0.708. The summed E-state index contributed by atoms with van der Waals surface area (Å²) < 4.78 is 0. The smallest absolute Gasteiger partial charge is 0.109 e. The van der Waals surface area contributed by atoms with E-state index in [1.807, 2.05) is 18.1 Å². The van der Waals surface area contributed by atoms with E-state index < -0.39 is 0 Å². The monoisotopic (exact) mass is 83.1 g/mol. The van der Waals surface area contributed by atoms with Crippen LogP contribution in [0.3, 0.4) is 0 Å². The van der Waals surface area contributed by atoms with Gasteiger partial charge in [0.05, 0.1) is 0 Å². The highest BCUT2D eigenvalue weighted by molar-refractivity contribution is 4.83. The number of hydrogen-bond acceptors (Lipinski definition) is 1. The molecule has 0 aromatic rings. The molecule has 0 amide bonds. The molecule has 0 bridgehead atoms. The predicted octanol–water partition coefficient (Wildman–Crippen LogP) is -0.0351. The molecule has 1 rings (SSSR count). The SMILES string of the molecule is CN1C=C[N]C1. The first-order chi connectivity index (χ1) is 2.89. The molecule has 0 spiro atoms. The van der Waals surface area contributed by atoms with Crippen LogP contribution in [0.25, 0.3) is 0 Å². The number of hydrogen-bond donors (Lipinski definition) is 0. The molecule has 1 radical (unpaired) electrons. The van der Waals surface area contributed by atoms with Gasteiger partial charge in [0.15, 0.2) is 0 Å². The lowest BCUT2D eigenvalue weighted by Crippen LogP contribution is -2.10. The van der Waals surface area contributed by atoms with Crippen molar-refractivity contribution in [3.05, 3.63) is 12.4 Å². The standard InChI is InChI=1S/C4H7N2/c1-6-3-2-5-4-6/h2-3H,4H2,1H3. The molecule has 0 fully saturated rings. The molecule has 1 aliphatic heterocycles. The van der Waals surface area contributed by atoms with E-state index in [1.54, 1.807) is 6.20 Å². The minimum absolute atomic E-state index is 0.833. The second-order valence-electron chi connectivity index (χ2n) is 1.38. The van der Waals surface area contributed by atoms with Gasteiger partial charge in [-0.05, 0) is 0 Å². The van der Waals surface area contributed by atoms with Crippen LogP contribution in [-0.2, 0) is 0 Å². The van der Waals surface area contributed by atoms with Crippen molar-refractivity contribution in [2.75, 3.05) is 13.7 Å². The third kappa shape index (κ3) is 0.455. The summed E-state index contributed by atoms with van der Waals surface area (Å²) in [5, 5.41) is 3.91. The van der Waals surface area contributed by atoms with Gasteiger partial charge in [0, 0.05) is 19.4 Å². The van der Waals surface area contributed by atoms with Crippen molar-refractivity contribution in [3.8, 4) is 0 Å². The summed E-state index contributed by atoms with van der Waals surface area (Å²) in [5.41, 5.74) is 0. The summed E-state index contributed by atoms with van der Waals surface area (Å²) >= 11 is 0. The van der Waals surface area contributed by atoms with Crippen molar-refractivity contribution < 1.29 is 0 Å². The first-order valence-electron chi connectivity index (χ1n) is 1.93. The van der Waals surface area contributed by atoms with Crippen LogP contribution in [0, 0.1) is 0 Å². The molecule has 0 atom stereocenters. The Morgan fingerprint density at radius 3 is 2.83 bits per heavy atom. The van der Waals surface area contributed by atoms with Crippen LogP contribution in [0.1, 0.15) is 0 Å². The summed E-state index contributed by atoms with van der Waals surface area (Å²) in [4.78, 5) is 2.01. The van der Waals surface area contributed by atoms with Crippen molar-refractivity contribution in [2.45, 2.75) is 0 Å². The van der Waals surface area contributed by atoms with Gasteiger partial charge in [0.2, 0.25) is 0 Å². The topological polar surface area (TPSA) is 17.3 Å². The normalized spacial score (nSPS) is 18.5. The molecule has 0 unspecified atom stereocenters. The molecule has 0 aromatic carbocycles. The fourth-order valence-electron chi connectivity index (χ4n) is 0.384. The van der Waals surface area contributed by atoms with Gasteiger partial charge < -0.3 is 4.90 Å². The Balaban J connectivity index is 2.38. The highest BCUT2D eigenvalue weighted by Crippen LogP contribution is 1.87. The van der Waals surface area contributed by atoms with E-state index >= 15 is 0 Å². The van der Waals surface area contributed by atoms with Gasteiger partial charge in [0.1, 0.15) is 6.67 Å². The quantitative estimate of drug-likeness (QED) is 0.402. The third-order valence-corrected chi connectivity index (χ3v) is 0.731. The lowest BCUT2D eigenvalue weighted by Gasteiger charge is -2.00. The van der Waals surface area contributed by atoms with E-state index in [9.17, 15) is 0 Å². The Morgan fingerprint density at radius 2 is 2.67 bits per heavy atom. The van der Waals surface area contributed by atoms with Gasteiger partial charge >= 0.3 is 0 Å². The second-order valence-corrected chi connectivity index (χ2v) is 1.38. The molecule has 2 nitrogen and oxygen atoms in total. The number of nitrogens with zero attached hydrogens (tertiary/aromatic N) is 2. The molecule has 2 heteroatoms. The molecule has 0 aliphatic carbocycles. The van der Waals surface area contributed by atoms with E-state index in [1.165, 1.54) is 0 Å². The van der Waals surface area contributed by atoms with Gasteiger partial charge in [-0.3, -0.25) is 5.32 Å². The van der Waals surface area contributed by atoms with E-state index in [-0.39, 0.29) is 0 Å². The highest BCUT2D eigenvalue weighted by atomic mass is 15.2. The maximum Gasteiger partial charge on any atom is 0.109 e. The molecule has 6 heavy (non-hydrogen) atoms. The maximum atomic E-state index is 3.91. The third-order valence-electron chi connectivity index (χ3n) is 0.731. The minimum atomic E-state index is 0.833. The second kappa shape index (κ2) is 1.20. The molecule has 0 saturated carbocycles. The van der Waals surface area contributed by atoms with Crippen LogP contribution in [0.4, 0.5) is 0 Å². The molecule has 33 valence electrons. The zero-order valence-corrected chi connectivity index (χ0v) is 3.76. The summed E-state index contributed by atoms with van der Waals surface area (Å²) in [6, 6.07) is 0. The van der Waals surface area contributed by atoms with Crippen molar-refractivity contribution >= 4 is 0 Å². The van der Waals surface area contributed by atoms with Crippen molar-refractivity contribution in [3.63, 3.8) is 0 Å². The van der Waals surface area contributed by atoms with Crippen LogP contribution in [0.5, 0.6) is 0 Å². The zero-order valence-electron chi connectivity index (χ0n) is 3.76. The van der Waals surface area contributed by atoms with Crippen LogP contribution in [0.15, 0.2) is 12.4 Å². The Morgan fingerprint density at radius 1 is 1.83 bits per heavy atom. The van der Waals surface area contributed by atoms with Gasteiger partial charge in [-0.15, -0.1) is 0 Å². The van der Waals surface area contributed by atoms with Gasteiger partial charge in [-0.25, -0.2) is 0 Å². The van der Waals surface area contributed by atoms with Gasteiger partial charge in [-0.2, -0.15) is 0 Å². The van der Waals surface area contributed by atoms with Crippen molar-refractivity contribution in [1.29, 1.82) is 0 Å². The fourth-order valence-corrected chi connectivity index (χ4v) is 0.384. The molecular weight excluding hydrogens is 76.1 g/mol. The molecule has 0 N–H and O–H groups in total. The van der Waals surface area contributed by atoms with Gasteiger partial charge in [-0.1, -0.05) is 0 Å². The lowest BCUT2D eigenvalue weighted by molar-refractivity contribution is 0.471. The molecule has 1 heterocycles. The first kappa shape index (κ1) is 3.53. The summed E-state index contributed by atoms with van der Waals surface area (Å²) in [5.74, 6) is 0. The maximum absolute atomic E-state index is 3.91. The molecule has 1 aliphatic rings. The average molecular weight is 83.1 g/mol. The van der Waals surface area contributed by atoms with Crippen molar-refractivity contribution in [1.82, 2.24) is 10.2 Å². The van der Waals surface area contributed by atoms with E-state index in [2.05, 4.69) is 5.32 Å². The van der Waals surface area contributed by atoms with Gasteiger partial charge in [0.25, 0.3) is 0 Å². The average Bonchev–Trinajstić information content (AvgIpc) is 1.86. The summed E-state index contributed by atoms with van der Waals surface area (Å²) in [6.45, 7) is 0.833. The minimum Gasteiger partial charge on any atom is -0.360 e. The van der Waals surface area contributed by atoms with Crippen LogP contribution >= 0.6 is 0 Å². The zero-order chi connectivity index (χ0) is 4.41. The van der Waals surface area contributed by atoms with E-state index in [4.69, 9.17) is 0 Å². The van der Waals surface area contributed by atoms with E-state index in [0.29, 0.717) is 0 Å². The summed E-state index contributed by atoms with van der Waals surface area (Å²) in [6.07, 6.45) is 3.75.